The van der Waals surface area contributed by atoms with Crippen molar-refractivity contribution in [3.05, 3.63) is 39.2 Å². The zero-order valence-electron chi connectivity index (χ0n) is 12.6. The van der Waals surface area contributed by atoms with Gasteiger partial charge >= 0.3 is 5.97 Å². The SMILES string of the molecule is COC(=O)[C@]1(O)c2c(oc3cc(C)cc(O)c3c2=O)CC[C@@H]1O. The molecule has 1 aliphatic carbocycles. The summed E-state index contributed by atoms with van der Waals surface area (Å²) >= 11 is 0. The van der Waals surface area contributed by atoms with E-state index in [0.717, 1.165) is 7.11 Å². The third-order valence-electron chi connectivity index (χ3n) is 4.20. The Hall–Kier alpha value is -2.38. The zero-order chi connectivity index (χ0) is 16.9. The molecule has 0 spiro atoms. The topological polar surface area (TPSA) is 117 Å². The lowest BCUT2D eigenvalue weighted by Crippen LogP contribution is -2.53. The average molecular weight is 320 g/mol. The second kappa shape index (κ2) is 5.07. The van der Waals surface area contributed by atoms with Gasteiger partial charge in [0.1, 0.15) is 22.5 Å². The smallest absolute Gasteiger partial charge is 0.345 e. The highest BCUT2D eigenvalue weighted by Crippen LogP contribution is 2.37. The van der Waals surface area contributed by atoms with Crippen molar-refractivity contribution >= 4 is 16.9 Å². The third-order valence-corrected chi connectivity index (χ3v) is 4.20. The fourth-order valence-electron chi connectivity index (χ4n) is 3.08. The minimum Gasteiger partial charge on any atom is -0.507 e. The van der Waals surface area contributed by atoms with E-state index < -0.39 is 23.1 Å². The Balaban J connectivity index is 2.43. The summed E-state index contributed by atoms with van der Waals surface area (Å²) in [5.74, 6) is -1.36. The van der Waals surface area contributed by atoms with Gasteiger partial charge < -0.3 is 24.5 Å². The van der Waals surface area contributed by atoms with Gasteiger partial charge in [0, 0.05) is 6.42 Å². The molecule has 0 aliphatic heterocycles. The molecule has 2 atom stereocenters. The minimum atomic E-state index is -2.52. The van der Waals surface area contributed by atoms with Crippen LogP contribution in [0.3, 0.4) is 0 Å². The van der Waals surface area contributed by atoms with Crippen LogP contribution in [0.1, 0.15) is 23.3 Å². The predicted molar refractivity (Wildman–Crippen MR) is 79.1 cm³/mol. The number of phenols is 1. The molecule has 0 unspecified atom stereocenters. The Labute approximate surface area is 130 Å². The van der Waals surface area contributed by atoms with Gasteiger partial charge in [-0.15, -0.1) is 0 Å². The van der Waals surface area contributed by atoms with Crippen molar-refractivity contribution in [1.29, 1.82) is 0 Å². The molecule has 0 fully saturated rings. The maximum atomic E-state index is 12.8. The molecule has 3 N–H and O–H groups in total. The van der Waals surface area contributed by atoms with Crippen molar-refractivity contribution in [1.82, 2.24) is 0 Å². The van der Waals surface area contributed by atoms with E-state index in [1.165, 1.54) is 6.07 Å². The van der Waals surface area contributed by atoms with Crippen LogP contribution in [0.4, 0.5) is 0 Å². The van der Waals surface area contributed by atoms with E-state index in [4.69, 9.17) is 4.42 Å². The molecule has 7 heteroatoms. The quantitative estimate of drug-likeness (QED) is 0.654. The number of aromatic hydroxyl groups is 1. The zero-order valence-corrected chi connectivity index (χ0v) is 12.6. The first-order valence-electron chi connectivity index (χ1n) is 7.09. The number of fused-ring (bicyclic) bond motifs is 2. The molecule has 23 heavy (non-hydrogen) atoms. The van der Waals surface area contributed by atoms with Gasteiger partial charge in [-0.25, -0.2) is 4.79 Å². The number of benzene rings is 1. The number of aliphatic hydroxyl groups excluding tert-OH is 1. The second-order valence-corrected chi connectivity index (χ2v) is 5.70. The van der Waals surface area contributed by atoms with Crippen LogP contribution in [-0.4, -0.2) is 34.5 Å². The number of hydrogen-bond donors (Lipinski definition) is 3. The minimum absolute atomic E-state index is 0.0326. The maximum Gasteiger partial charge on any atom is 0.345 e. The highest BCUT2D eigenvalue weighted by atomic mass is 16.5. The molecule has 1 aromatic heterocycles. The van der Waals surface area contributed by atoms with Crippen molar-refractivity contribution in [3.8, 4) is 5.75 Å². The molecular weight excluding hydrogens is 304 g/mol. The lowest BCUT2D eigenvalue weighted by Gasteiger charge is -2.34. The molecule has 1 aromatic carbocycles. The molecular formula is C16H16O7. The molecule has 0 saturated heterocycles. The average Bonchev–Trinajstić information content (AvgIpc) is 2.49. The number of rotatable bonds is 1. The fraction of sp³-hybridized carbons (Fsp3) is 0.375. The molecule has 0 bridgehead atoms. The summed E-state index contributed by atoms with van der Waals surface area (Å²) in [6, 6.07) is 2.96. The summed E-state index contributed by atoms with van der Waals surface area (Å²) in [5.41, 5.74) is -2.80. The standard InChI is InChI=1S/C16H16O7/c1-7-5-8(17)12-10(6-7)23-9-3-4-11(18)16(21,15(20)22-2)13(9)14(12)19/h5-6,11,17-18,21H,3-4H2,1-2H3/t11-,16+/m0/s1. The van der Waals surface area contributed by atoms with Gasteiger partial charge in [0.2, 0.25) is 11.0 Å². The second-order valence-electron chi connectivity index (χ2n) is 5.70. The normalized spacial score (nSPS) is 23.6. The van der Waals surface area contributed by atoms with Crippen LogP contribution in [0.25, 0.3) is 11.0 Å². The van der Waals surface area contributed by atoms with Crippen molar-refractivity contribution < 1.29 is 29.3 Å². The number of aliphatic hydroxyl groups is 2. The van der Waals surface area contributed by atoms with E-state index in [1.54, 1.807) is 13.0 Å². The van der Waals surface area contributed by atoms with Crippen LogP contribution in [0.5, 0.6) is 5.75 Å². The molecule has 2 aromatic rings. The van der Waals surface area contributed by atoms with Gasteiger partial charge in [-0.2, -0.15) is 0 Å². The fourth-order valence-corrected chi connectivity index (χ4v) is 3.08. The Morgan fingerprint density at radius 2 is 2.13 bits per heavy atom. The first kappa shape index (κ1) is 15.5. The van der Waals surface area contributed by atoms with Gasteiger partial charge in [0.05, 0.1) is 18.8 Å². The summed E-state index contributed by atoms with van der Waals surface area (Å²) in [4.78, 5) is 24.8. The number of aryl methyl sites for hydroxylation is 2. The highest BCUT2D eigenvalue weighted by molar-refractivity contribution is 5.88. The summed E-state index contributed by atoms with van der Waals surface area (Å²) in [6.07, 6.45) is -1.30. The summed E-state index contributed by atoms with van der Waals surface area (Å²) in [6.45, 7) is 1.73. The monoisotopic (exact) mass is 320 g/mol. The summed E-state index contributed by atoms with van der Waals surface area (Å²) < 4.78 is 10.2. The van der Waals surface area contributed by atoms with E-state index in [-0.39, 0.29) is 40.9 Å². The number of phenolic OH excluding ortho intramolecular Hbond substituents is 1. The molecule has 7 nitrogen and oxygen atoms in total. The maximum absolute atomic E-state index is 12.8. The summed E-state index contributed by atoms with van der Waals surface area (Å²) in [5, 5.41) is 30.7. The van der Waals surface area contributed by atoms with E-state index in [2.05, 4.69) is 4.74 Å². The number of esters is 1. The molecule has 1 aliphatic rings. The molecule has 0 amide bonds. The van der Waals surface area contributed by atoms with Crippen LogP contribution >= 0.6 is 0 Å². The number of carbonyl (C=O) groups is 1. The van der Waals surface area contributed by atoms with Crippen LogP contribution in [0, 0.1) is 6.92 Å². The Morgan fingerprint density at radius 3 is 2.78 bits per heavy atom. The van der Waals surface area contributed by atoms with Crippen molar-refractivity contribution in [2.75, 3.05) is 7.11 Å². The highest BCUT2D eigenvalue weighted by Gasteiger charge is 2.53. The third kappa shape index (κ3) is 2.04. The number of carbonyl (C=O) groups excluding carboxylic acids is 1. The van der Waals surface area contributed by atoms with Gasteiger partial charge in [-0.3, -0.25) is 4.79 Å². The van der Waals surface area contributed by atoms with Crippen LogP contribution < -0.4 is 5.43 Å². The first-order chi connectivity index (χ1) is 10.8. The van der Waals surface area contributed by atoms with Crippen molar-refractivity contribution in [2.45, 2.75) is 31.5 Å². The largest absolute Gasteiger partial charge is 0.507 e. The molecule has 1 heterocycles. The Bertz CT molecular complexity index is 867. The lowest BCUT2D eigenvalue weighted by molar-refractivity contribution is -0.180. The summed E-state index contributed by atoms with van der Waals surface area (Å²) in [7, 11) is 1.05. The number of ether oxygens (including phenoxy) is 1. The number of hydrogen-bond acceptors (Lipinski definition) is 7. The van der Waals surface area contributed by atoms with Gasteiger partial charge in [0.25, 0.3) is 0 Å². The van der Waals surface area contributed by atoms with Crippen LogP contribution in [-0.2, 0) is 21.6 Å². The van der Waals surface area contributed by atoms with Crippen molar-refractivity contribution in [2.24, 2.45) is 0 Å². The van der Waals surface area contributed by atoms with E-state index in [1.807, 2.05) is 0 Å². The van der Waals surface area contributed by atoms with E-state index >= 15 is 0 Å². The van der Waals surface area contributed by atoms with Gasteiger partial charge in [-0.05, 0) is 31.0 Å². The van der Waals surface area contributed by atoms with Gasteiger partial charge in [-0.1, -0.05) is 0 Å². The van der Waals surface area contributed by atoms with E-state index in [0.29, 0.717) is 5.56 Å². The molecule has 3 rings (SSSR count). The van der Waals surface area contributed by atoms with Gasteiger partial charge in [0.15, 0.2) is 0 Å². The van der Waals surface area contributed by atoms with Crippen LogP contribution in [0.15, 0.2) is 21.3 Å². The predicted octanol–water partition coefficient (Wildman–Crippen LogP) is 0.475. The molecule has 0 radical (unpaired) electrons. The first-order valence-corrected chi connectivity index (χ1v) is 7.09. The molecule has 0 saturated carbocycles. The Kier molecular flexibility index (Phi) is 3.42. The Morgan fingerprint density at radius 1 is 1.43 bits per heavy atom. The lowest BCUT2D eigenvalue weighted by atomic mass is 9.79. The van der Waals surface area contributed by atoms with Crippen molar-refractivity contribution in [3.63, 3.8) is 0 Å². The van der Waals surface area contributed by atoms with E-state index in [9.17, 15) is 24.9 Å². The van der Waals surface area contributed by atoms with Crippen LogP contribution in [0.2, 0.25) is 0 Å². The number of methoxy groups -OCH3 is 1. The molecule has 122 valence electrons.